The van der Waals surface area contributed by atoms with Crippen LogP contribution in [0.25, 0.3) is 11.3 Å². The first-order valence-electron chi connectivity index (χ1n) is 10.6. The second-order valence-corrected chi connectivity index (χ2v) is 8.19. The number of anilines is 2. The summed E-state index contributed by atoms with van der Waals surface area (Å²) >= 11 is 1.32. The molecule has 0 bridgehead atoms. The number of aromatic nitrogens is 1. The van der Waals surface area contributed by atoms with Crippen LogP contribution in [0, 0.1) is 0 Å². The number of fused-ring (bicyclic) bond motifs is 1. The van der Waals surface area contributed by atoms with Crippen LogP contribution in [0.2, 0.25) is 0 Å². The molecule has 0 radical (unpaired) electrons. The maximum atomic E-state index is 12.4. The third kappa shape index (κ3) is 5.56. The van der Waals surface area contributed by atoms with Crippen molar-refractivity contribution in [2.75, 3.05) is 30.0 Å². The summed E-state index contributed by atoms with van der Waals surface area (Å²) in [4.78, 5) is 42.5. The number of esters is 1. The fourth-order valence-corrected chi connectivity index (χ4v) is 4.15. The van der Waals surface area contributed by atoms with E-state index in [-0.39, 0.29) is 31.6 Å². The second-order valence-electron chi connectivity index (χ2n) is 7.33. The Bertz CT molecular complexity index is 1160. The molecule has 1 N–H and O–H groups in total. The average molecular weight is 466 g/mol. The summed E-state index contributed by atoms with van der Waals surface area (Å²) in [5.41, 5.74) is 2.97. The second kappa shape index (κ2) is 10.3. The molecule has 8 nitrogen and oxygen atoms in total. The first-order chi connectivity index (χ1) is 16.0. The van der Waals surface area contributed by atoms with E-state index in [4.69, 9.17) is 9.47 Å². The topological polar surface area (TPSA) is 97.8 Å². The lowest BCUT2D eigenvalue weighted by Crippen LogP contribution is -2.42. The van der Waals surface area contributed by atoms with Crippen molar-refractivity contribution in [1.29, 1.82) is 0 Å². The van der Waals surface area contributed by atoms with E-state index in [1.165, 1.54) is 16.2 Å². The summed E-state index contributed by atoms with van der Waals surface area (Å²) < 4.78 is 10.5. The van der Waals surface area contributed by atoms with Crippen molar-refractivity contribution in [3.8, 4) is 17.0 Å². The molecule has 33 heavy (non-hydrogen) atoms. The number of ether oxygens (including phenoxy) is 2. The summed E-state index contributed by atoms with van der Waals surface area (Å²) in [5, 5.41) is 5.16. The number of nitrogens with one attached hydrogen (secondary N) is 1. The van der Waals surface area contributed by atoms with Crippen LogP contribution in [-0.4, -0.2) is 42.5 Å². The molecule has 4 rings (SSSR count). The first kappa shape index (κ1) is 22.5. The quantitative estimate of drug-likeness (QED) is 0.510. The van der Waals surface area contributed by atoms with Crippen LogP contribution in [0.4, 0.5) is 10.8 Å². The number of benzene rings is 2. The van der Waals surface area contributed by atoms with Crippen molar-refractivity contribution in [2.24, 2.45) is 0 Å². The molecule has 2 amide bonds. The molecule has 0 saturated carbocycles. The summed E-state index contributed by atoms with van der Waals surface area (Å²) in [6.07, 6.45) is 1.01. The van der Waals surface area contributed by atoms with Gasteiger partial charge in [0, 0.05) is 17.4 Å². The Kier molecular flexibility index (Phi) is 6.99. The largest absolute Gasteiger partial charge is 0.482 e. The Hall–Kier alpha value is -3.72. The maximum absolute atomic E-state index is 12.4. The minimum atomic E-state index is -0.488. The van der Waals surface area contributed by atoms with Crippen molar-refractivity contribution in [1.82, 2.24) is 4.98 Å². The fraction of sp³-hybridized carbons (Fsp3) is 0.250. The maximum Gasteiger partial charge on any atom is 0.326 e. The summed E-state index contributed by atoms with van der Waals surface area (Å²) in [5.74, 6) is -0.410. The van der Waals surface area contributed by atoms with Crippen LogP contribution in [-0.2, 0) is 25.5 Å². The van der Waals surface area contributed by atoms with E-state index in [1.807, 2.05) is 41.8 Å². The van der Waals surface area contributed by atoms with Crippen molar-refractivity contribution in [3.63, 3.8) is 0 Å². The molecule has 0 saturated heterocycles. The van der Waals surface area contributed by atoms with Gasteiger partial charge >= 0.3 is 5.97 Å². The average Bonchev–Trinajstić information content (AvgIpc) is 3.28. The normalized spacial score (nSPS) is 12.6. The highest BCUT2D eigenvalue weighted by molar-refractivity contribution is 7.14. The standard InChI is InChI=1S/C24H23N3O5S/c1-2-31-23(30)13-27-19-12-17(9-10-20(19)32-14-22(27)29)18-15-33-24(25-18)26-21(28)11-8-16-6-4-3-5-7-16/h3-7,9-10,12,15H,2,8,11,13-14H2,1H3,(H,25,26,28). The molecule has 0 atom stereocenters. The van der Waals surface area contributed by atoms with Gasteiger partial charge in [-0.1, -0.05) is 30.3 Å². The lowest BCUT2D eigenvalue weighted by atomic mass is 10.1. The minimum Gasteiger partial charge on any atom is -0.482 e. The summed E-state index contributed by atoms with van der Waals surface area (Å²) in [6, 6.07) is 15.1. The van der Waals surface area contributed by atoms with Crippen molar-refractivity contribution >= 4 is 39.9 Å². The Balaban J connectivity index is 1.46. The number of nitrogens with zero attached hydrogens (tertiary/aromatic N) is 2. The van der Waals surface area contributed by atoms with E-state index < -0.39 is 5.97 Å². The smallest absolute Gasteiger partial charge is 0.326 e. The zero-order valence-corrected chi connectivity index (χ0v) is 18.9. The highest BCUT2D eigenvalue weighted by atomic mass is 32.1. The van der Waals surface area contributed by atoms with Gasteiger partial charge in [0.05, 0.1) is 18.0 Å². The number of amides is 2. The summed E-state index contributed by atoms with van der Waals surface area (Å²) in [6.45, 7) is 1.63. The molecule has 1 aromatic heterocycles. The number of hydrogen-bond donors (Lipinski definition) is 1. The first-order valence-corrected chi connectivity index (χ1v) is 11.4. The van der Waals surface area contributed by atoms with Gasteiger partial charge in [0.2, 0.25) is 5.91 Å². The molecule has 1 aliphatic rings. The lowest BCUT2D eigenvalue weighted by Gasteiger charge is -2.28. The number of carbonyl (C=O) groups is 3. The number of aryl methyl sites for hydroxylation is 1. The van der Waals surface area contributed by atoms with Gasteiger partial charge in [-0.05, 0) is 37.1 Å². The number of hydrogen-bond acceptors (Lipinski definition) is 7. The van der Waals surface area contributed by atoms with E-state index in [9.17, 15) is 14.4 Å². The molecule has 0 spiro atoms. The SMILES string of the molecule is CCOC(=O)CN1C(=O)COc2ccc(-c3csc(NC(=O)CCc4ccccc4)n3)cc21. The van der Waals surface area contributed by atoms with E-state index in [2.05, 4.69) is 10.3 Å². The van der Waals surface area contributed by atoms with Gasteiger partial charge in [-0.15, -0.1) is 11.3 Å². The van der Waals surface area contributed by atoms with Crippen LogP contribution in [0.1, 0.15) is 18.9 Å². The Morgan fingerprint density at radius 1 is 1.21 bits per heavy atom. The van der Waals surface area contributed by atoms with Crippen molar-refractivity contribution in [2.45, 2.75) is 19.8 Å². The van der Waals surface area contributed by atoms with Gasteiger partial charge in [-0.25, -0.2) is 4.98 Å². The number of thiazole rings is 1. The van der Waals surface area contributed by atoms with Gasteiger partial charge in [0.1, 0.15) is 12.3 Å². The highest BCUT2D eigenvalue weighted by Gasteiger charge is 2.28. The predicted molar refractivity (Wildman–Crippen MR) is 125 cm³/mol. The molecule has 2 heterocycles. The molecule has 170 valence electrons. The molecule has 9 heteroatoms. The van der Waals surface area contributed by atoms with Crippen LogP contribution < -0.4 is 15.0 Å². The predicted octanol–water partition coefficient (Wildman–Crippen LogP) is 3.67. The zero-order valence-electron chi connectivity index (χ0n) is 18.1. The van der Waals surface area contributed by atoms with Crippen LogP contribution in [0.3, 0.4) is 0 Å². The molecular weight excluding hydrogens is 442 g/mol. The number of carbonyl (C=O) groups excluding carboxylic acids is 3. The fourth-order valence-electron chi connectivity index (χ4n) is 3.42. The van der Waals surface area contributed by atoms with E-state index >= 15 is 0 Å². The van der Waals surface area contributed by atoms with Crippen molar-refractivity contribution < 1.29 is 23.9 Å². The highest BCUT2D eigenvalue weighted by Crippen LogP contribution is 2.36. The molecule has 1 aliphatic heterocycles. The van der Waals surface area contributed by atoms with Gasteiger partial charge in [0.15, 0.2) is 11.7 Å². The number of rotatable bonds is 8. The third-order valence-corrected chi connectivity index (χ3v) is 5.78. The van der Waals surface area contributed by atoms with Gasteiger partial charge in [-0.2, -0.15) is 0 Å². The molecular formula is C24H23N3O5S. The monoisotopic (exact) mass is 465 g/mol. The Morgan fingerprint density at radius 2 is 2.03 bits per heavy atom. The van der Waals surface area contributed by atoms with Gasteiger partial charge in [-0.3, -0.25) is 19.3 Å². The molecule has 0 unspecified atom stereocenters. The van der Waals surface area contributed by atoms with Crippen LogP contribution in [0.5, 0.6) is 5.75 Å². The Labute approximate surface area is 195 Å². The van der Waals surface area contributed by atoms with Crippen molar-refractivity contribution in [3.05, 3.63) is 59.5 Å². The molecule has 0 fully saturated rings. The van der Waals surface area contributed by atoms with Gasteiger partial charge < -0.3 is 14.8 Å². The van der Waals surface area contributed by atoms with Gasteiger partial charge in [0.25, 0.3) is 5.91 Å². The lowest BCUT2D eigenvalue weighted by molar-refractivity contribution is -0.142. The zero-order chi connectivity index (χ0) is 23.2. The molecule has 0 aliphatic carbocycles. The van der Waals surface area contributed by atoms with E-state index in [0.717, 1.165) is 11.1 Å². The third-order valence-electron chi connectivity index (χ3n) is 5.02. The van der Waals surface area contributed by atoms with E-state index in [0.29, 0.717) is 35.1 Å². The van der Waals surface area contributed by atoms with Crippen LogP contribution >= 0.6 is 11.3 Å². The Morgan fingerprint density at radius 3 is 2.82 bits per heavy atom. The van der Waals surface area contributed by atoms with E-state index in [1.54, 1.807) is 19.1 Å². The van der Waals surface area contributed by atoms with Crippen LogP contribution in [0.15, 0.2) is 53.9 Å². The minimum absolute atomic E-state index is 0.107. The molecule has 2 aromatic carbocycles. The molecule has 3 aromatic rings. The summed E-state index contributed by atoms with van der Waals surface area (Å²) in [7, 11) is 0.